The zero-order valence-corrected chi connectivity index (χ0v) is 10.6. The molecule has 3 heteroatoms. The Labute approximate surface area is 108 Å². The summed E-state index contributed by atoms with van der Waals surface area (Å²) in [5.74, 6) is 0. The summed E-state index contributed by atoms with van der Waals surface area (Å²) in [7, 11) is 0. The summed E-state index contributed by atoms with van der Waals surface area (Å²) in [6, 6.07) is 8.36. The number of rotatable bonds is 3. The van der Waals surface area contributed by atoms with Crippen LogP contribution in [0.3, 0.4) is 0 Å². The standard InChI is InChI=1S/C15H21NO2/c16-10-15(14(17)13-6-3-9-18-13)8-7-11-4-1-2-5-12(11)15/h1-2,4-5,13-14,17H,3,6-10,16H2. The molecule has 1 saturated heterocycles. The molecule has 3 nitrogen and oxygen atoms in total. The first-order chi connectivity index (χ1) is 8.78. The molecule has 0 aromatic heterocycles. The van der Waals surface area contributed by atoms with E-state index < -0.39 is 6.10 Å². The monoisotopic (exact) mass is 247 g/mol. The molecule has 0 radical (unpaired) electrons. The molecule has 3 unspecified atom stereocenters. The van der Waals surface area contributed by atoms with Gasteiger partial charge in [0.25, 0.3) is 0 Å². The van der Waals surface area contributed by atoms with E-state index in [0.717, 1.165) is 32.3 Å². The van der Waals surface area contributed by atoms with Crippen molar-refractivity contribution in [2.75, 3.05) is 13.2 Å². The van der Waals surface area contributed by atoms with E-state index in [4.69, 9.17) is 10.5 Å². The fourth-order valence-electron chi connectivity index (χ4n) is 3.56. The van der Waals surface area contributed by atoms with Gasteiger partial charge in [0.1, 0.15) is 0 Å². The summed E-state index contributed by atoms with van der Waals surface area (Å²) < 4.78 is 5.66. The maximum Gasteiger partial charge on any atom is 0.0910 e. The molecule has 1 aromatic carbocycles. The first-order valence-corrected chi connectivity index (χ1v) is 6.86. The smallest absolute Gasteiger partial charge is 0.0910 e. The minimum Gasteiger partial charge on any atom is -0.389 e. The number of benzene rings is 1. The highest BCUT2D eigenvalue weighted by Crippen LogP contribution is 2.43. The number of aryl methyl sites for hydroxylation is 1. The van der Waals surface area contributed by atoms with Gasteiger partial charge in [-0.25, -0.2) is 0 Å². The molecule has 1 fully saturated rings. The van der Waals surface area contributed by atoms with Crippen LogP contribution in [0.4, 0.5) is 0 Å². The van der Waals surface area contributed by atoms with Crippen molar-refractivity contribution in [3.63, 3.8) is 0 Å². The third-order valence-electron chi connectivity index (χ3n) is 4.64. The van der Waals surface area contributed by atoms with Crippen LogP contribution >= 0.6 is 0 Å². The summed E-state index contributed by atoms with van der Waals surface area (Å²) in [6.07, 6.45) is 3.42. The lowest BCUT2D eigenvalue weighted by atomic mass is 9.74. The van der Waals surface area contributed by atoms with Crippen molar-refractivity contribution in [1.29, 1.82) is 0 Å². The Bertz CT molecular complexity index is 428. The number of nitrogens with two attached hydrogens (primary N) is 1. The van der Waals surface area contributed by atoms with Crippen LogP contribution < -0.4 is 5.73 Å². The number of aliphatic hydroxyl groups excluding tert-OH is 1. The van der Waals surface area contributed by atoms with Crippen LogP contribution in [-0.2, 0) is 16.6 Å². The van der Waals surface area contributed by atoms with Crippen molar-refractivity contribution in [3.8, 4) is 0 Å². The van der Waals surface area contributed by atoms with Crippen molar-refractivity contribution in [3.05, 3.63) is 35.4 Å². The number of hydrogen-bond acceptors (Lipinski definition) is 3. The maximum absolute atomic E-state index is 10.7. The zero-order valence-electron chi connectivity index (χ0n) is 10.6. The van der Waals surface area contributed by atoms with Crippen LogP contribution in [0.25, 0.3) is 0 Å². The van der Waals surface area contributed by atoms with Crippen molar-refractivity contribution in [2.24, 2.45) is 5.73 Å². The largest absolute Gasteiger partial charge is 0.389 e. The second kappa shape index (κ2) is 4.65. The van der Waals surface area contributed by atoms with E-state index in [1.807, 2.05) is 6.07 Å². The Balaban J connectivity index is 1.96. The number of aliphatic hydroxyl groups is 1. The molecule has 1 aromatic rings. The second-order valence-corrected chi connectivity index (χ2v) is 5.51. The first-order valence-electron chi connectivity index (χ1n) is 6.86. The lowest BCUT2D eigenvalue weighted by Crippen LogP contribution is -2.50. The summed E-state index contributed by atoms with van der Waals surface area (Å²) >= 11 is 0. The van der Waals surface area contributed by atoms with Crippen LogP contribution in [0.15, 0.2) is 24.3 Å². The molecular formula is C15H21NO2. The average molecular weight is 247 g/mol. The molecule has 3 N–H and O–H groups in total. The molecule has 98 valence electrons. The summed E-state index contributed by atoms with van der Waals surface area (Å²) in [4.78, 5) is 0. The predicted molar refractivity (Wildman–Crippen MR) is 70.5 cm³/mol. The molecule has 0 saturated carbocycles. The number of ether oxygens (including phenoxy) is 1. The van der Waals surface area contributed by atoms with Gasteiger partial charge in [-0.3, -0.25) is 0 Å². The Morgan fingerprint density at radius 1 is 1.44 bits per heavy atom. The van der Waals surface area contributed by atoms with Gasteiger partial charge in [0.05, 0.1) is 12.2 Å². The van der Waals surface area contributed by atoms with Gasteiger partial charge in [0, 0.05) is 18.6 Å². The fourth-order valence-corrected chi connectivity index (χ4v) is 3.56. The van der Waals surface area contributed by atoms with E-state index in [2.05, 4.69) is 18.2 Å². The molecule has 1 aliphatic heterocycles. The molecule has 0 amide bonds. The number of fused-ring (bicyclic) bond motifs is 1. The summed E-state index contributed by atoms with van der Waals surface area (Å²) in [6.45, 7) is 1.26. The Kier molecular flexibility index (Phi) is 3.14. The van der Waals surface area contributed by atoms with Gasteiger partial charge in [-0.1, -0.05) is 24.3 Å². The van der Waals surface area contributed by atoms with Gasteiger partial charge in [-0.15, -0.1) is 0 Å². The van der Waals surface area contributed by atoms with E-state index in [1.165, 1.54) is 11.1 Å². The minimum absolute atomic E-state index is 0.0419. The Morgan fingerprint density at radius 2 is 2.28 bits per heavy atom. The van der Waals surface area contributed by atoms with Crippen molar-refractivity contribution in [1.82, 2.24) is 0 Å². The molecule has 3 atom stereocenters. The summed E-state index contributed by atoms with van der Waals surface area (Å²) in [5, 5.41) is 10.7. The maximum atomic E-state index is 10.7. The zero-order chi connectivity index (χ0) is 12.6. The topological polar surface area (TPSA) is 55.5 Å². The van der Waals surface area contributed by atoms with E-state index in [9.17, 15) is 5.11 Å². The minimum atomic E-state index is -0.478. The molecule has 1 heterocycles. The van der Waals surface area contributed by atoms with Crippen molar-refractivity contribution in [2.45, 2.75) is 43.3 Å². The molecule has 1 aliphatic carbocycles. The van der Waals surface area contributed by atoms with E-state index in [1.54, 1.807) is 0 Å². The third-order valence-corrected chi connectivity index (χ3v) is 4.64. The Hall–Kier alpha value is -0.900. The highest BCUT2D eigenvalue weighted by molar-refractivity contribution is 5.41. The van der Waals surface area contributed by atoms with Crippen molar-refractivity contribution >= 4 is 0 Å². The second-order valence-electron chi connectivity index (χ2n) is 5.51. The van der Waals surface area contributed by atoms with Crippen LogP contribution in [0.5, 0.6) is 0 Å². The SMILES string of the molecule is NCC1(C(O)C2CCCO2)CCc2ccccc21. The normalized spacial score (nSPS) is 32.4. The van der Waals surface area contributed by atoms with Gasteiger partial charge in [-0.05, 0) is 36.8 Å². The molecule has 3 rings (SSSR count). The van der Waals surface area contributed by atoms with Gasteiger partial charge in [-0.2, -0.15) is 0 Å². The van der Waals surface area contributed by atoms with E-state index >= 15 is 0 Å². The molecule has 2 aliphatic rings. The molecular weight excluding hydrogens is 226 g/mol. The average Bonchev–Trinajstić information content (AvgIpc) is 3.06. The third kappa shape index (κ3) is 1.69. The first kappa shape index (κ1) is 12.2. The van der Waals surface area contributed by atoms with Gasteiger partial charge in [0.2, 0.25) is 0 Å². The lowest BCUT2D eigenvalue weighted by molar-refractivity contribution is -0.0429. The van der Waals surface area contributed by atoms with Crippen LogP contribution in [0.1, 0.15) is 30.4 Å². The van der Waals surface area contributed by atoms with Gasteiger partial charge in [0.15, 0.2) is 0 Å². The lowest BCUT2D eigenvalue weighted by Gasteiger charge is -2.37. The van der Waals surface area contributed by atoms with Crippen molar-refractivity contribution < 1.29 is 9.84 Å². The quantitative estimate of drug-likeness (QED) is 0.848. The molecule has 18 heavy (non-hydrogen) atoms. The van der Waals surface area contributed by atoms with Crippen LogP contribution in [-0.4, -0.2) is 30.5 Å². The van der Waals surface area contributed by atoms with Crippen LogP contribution in [0.2, 0.25) is 0 Å². The molecule has 0 spiro atoms. The highest BCUT2D eigenvalue weighted by atomic mass is 16.5. The fraction of sp³-hybridized carbons (Fsp3) is 0.600. The Morgan fingerprint density at radius 3 is 3.00 bits per heavy atom. The van der Waals surface area contributed by atoms with Gasteiger partial charge >= 0.3 is 0 Å². The predicted octanol–water partition coefficient (Wildman–Crippen LogP) is 1.37. The van der Waals surface area contributed by atoms with E-state index in [0.29, 0.717) is 6.54 Å². The highest BCUT2D eigenvalue weighted by Gasteiger charge is 2.47. The van der Waals surface area contributed by atoms with E-state index in [-0.39, 0.29) is 11.5 Å². The van der Waals surface area contributed by atoms with Crippen LogP contribution in [0, 0.1) is 0 Å². The van der Waals surface area contributed by atoms with Gasteiger partial charge < -0.3 is 15.6 Å². The summed E-state index contributed by atoms with van der Waals surface area (Å²) in [5.41, 5.74) is 8.30. The number of hydrogen-bond donors (Lipinski definition) is 2. The molecule has 0 bridgehead atoms.